The summed E-state index contributed by atoms with van der Waals surface area (Å²) in [4.78, 5) is 4.86. The summed E-state index contributed by atoms with van der Waals surface area (Å²) in [6.45, 7) is 2.74. The smallest absolute Gasteiger partial charge is 0.119 e. The molecule has 0 amide bonds. The van der Waals surface area contributed by atoms with Crippen LogP contribution in [0.15, 0.2) is 60.7 Å². The van der Waals surface area contributed by atoms with Crippen molar-refractivity contribution in [1.82, 2.24) is 9.80 Å². The average molecular weight is 377 g/mol. The molecule has 0 spiro atoms. The quantitative estimate of drug-likeness (QED) is 0.688. The summed E-state index contributed by atoms with van der Waals surface area (Å²) >= 11 is 0. The van der Waals surface area contributed by atoms with Gasteiger partial charge in [-0.2, -0.15) is 0 Å². The van der Waals surface area contributed by atoms with Gasteiger partial charge in [-0.3, -0.25) is 4.90 Å². The molecule has 0 aliphatic carbocycles. The summed E-state index contributed by atoms with van der Waals surface area (Å²) < 4.78 is 5.85. The van der Waals surface area contributed by atoms with Crippen LogP contribution >= 0.6 is 0 Å². The Morgan fingerprint density at radius 2 is 1.79 bits per heavy atom. The number of ether oxygens (including phenoxy) is 1. The van der Waals surface area contributed by atoms with Crippen LogP contribution in [0.5, 0.6) is 5.75 Å². The minimum absolute atomic E-state index is 0.568. The van der Waals surface area contributed by atoms with Gasteiger partial charge in [-0.25, -0.2) is 0 Å². The van der Waals surface area contributed by atoms with E-state index in [0.29, 0.717) is 12.1 Å². The lowest BCUT2D eigenvalue weighted by Crippen LogP contribution is -2.47. The van der Waals surface area contributed by atoms with Crippen LogP contribution < -0.4 is 4.74 Å². The van der Waals surface area contributed by atoms with E-state index in [1.807, 2.05) is 0 Å². The highest BCUT2D eigenvalue weighted by Gasteiger charge is 2.33. The van der Waals surface area contributed by atoms with Gasteiger partial charge < -0.3 is 9.64 Å². The Morgan fingerprint density at radius 3 is 2.50 bits per heavy atom. The summed E-state index contributed by atoms with van der Waals surface area (Å²) in [6.07, 6.45) is 7.62. The second-order valence-corrected chi connectivity index (χ2v) is 8.38. The molecule has 1 saturated heterocycles. The van der Waals surface area contributed by atoms with Crippen molar-refractivity contribution in [2.75, 3.05) is 27.2 Å². The Bertz CT molecular complexity index is 782. The number of fused-ring (bicyclic) bond motifs is 2. The molecule has 2 aromatic carbocycles. The molecule has 2 unspecified atom stereocenters. The monoisotopic (exact) mass is 376 g/mol. The molecule has 2 heterocycles. The van der Waals surface area contributed by atoms with Crippen LogP contribution in [0.1, 0.15) is 36.8 Å². The summed E-state index contributed by atoms with van der Waals surface area (Å²) in [5.41, 5.74) is 4.30. The van der Waals surface area contributed by atoms with Crippen molar-refractivity contribution >= 4 is 5.57 Å². The molecule has 4 rings (SSSR count). The molecule has 28 heavy (non-hydrogen) atoms. The fraction of sp³-hybridized carbons (Fsp3) is 0.440. The van der Waals surface area contributed by atoms with Crippen LogP contribution in [0.25, 0.3) is 5.57 Å². The van der Waals surface area contributed by atoms with Crippen LogP contribution in [0.4, 0.5) is 0 Å². The van der Waals surface area contributed by atoms with Gasteiger partial charge in [-0.05, 0) is 62.2 Å². The van der Waals surface area contributed by atoms with Crippen LogP contribution in [-0.4, -0.2) is 49.1 Å². The van der Waals surface area contributed by atoms with Gasteiger partial charge >= 0.3 is 0 Å². The Morgan fingerprint density at radius 1 is 1.00 bits per heavy atom. The predicted molar refractivity (Wildman–Crippen MR) is 116 cm³/mol. The van der Waals surface area contributed by atoms with Crippen molar-refractivity contribution in [3.8, 4) is 5.75 Å². The molecule has 0 aromatic heterocycles. The number of likely N-dealkylation sites (N-methyl/N-ethyl adjacent to an activating group) is 1. The van der Waals surface area contributed by atoms with Gasteiger partial charge in [0.25, 0.3) is 0 Å². The molecule has 3 nitrogen and oxygen atoms in total. The van der Waals surface area contributed by atoms with E-state index in [9.17, 15) is 0 Å². The predicted octanol–water partition coefficient (Wildman–Crippen LogP) is 4.84. The normalized spacial score (nSPS) is 22.2. The molecular weight excluding hydrogens is 344 g/mol. The topological polar surface area (TPSA) is 15.7 Å². The Hall–Kier alpha value is -2.10. The highest BCUT2D eigenvalue weighted by atomic mass is 16.5. The number of hydrogen-bond donors (Lipinski definition) is 0. The van der Waals surface area contributed by atoms with Crippen LogP contribution in [-0.2, 0) is 6.54 Å². The van der Waals surface area contributed by atoms with E-state index >= 15 is 0 Å². The number of nitrogens with zero attached hydrogens (tertiary/aromatic N) is 2. The molecule has 2 aromatic rings. The zero-order valence-electron chi connectivity index (χ0n) is 17.2. The Labute approximate surface area is 169 Å². The van der Waals surface area contributed by atoms with Gasteiger partial charge in [-0.15, -0.1) is 0 Å². The van der Waals surface area contributed by atoms with Gasteiger partial charge in [0.2, 0.25) is 0 Å². The standard InChI is InChI=1S/C25H32N2O/c1-26(2)15-16-28-25-13-11-21(12-14-25)22-17-23-9-6-10-24(18-22)27(23)19-20-7-4-3-5-8-20/h3-5,7-8,11-14,17,23-24H,6,9-10,15-16,18-19H2,1-2H3. The number of benzene rings is 2. The third-order valence-electron chi connectivity index (χ3n) is 6.02. The van der Waals surface area contributed by atoms with Crippen molar-refractivity contribution in [1.29, 1.82) is 0 Å². The maximum atomic E-state index is 5.85. The molecule has 0 saturated carbocycles. The molecule has 1 fully saturated rings. The lowest BCUT2D eigenvalue weighted by Gasteiger charge is -2.45. The van der Waals surface area contributed by atoms with E-state index in [4.69, 9.17) is 4.74 Å². The third kappa shape index (κ3) is 4.65. The zero-order chi connectivity index (χ0) is 19.3. The number of rotatable bonds is 7. The highest BCUT2D eigenvalue weighted by molar-refractivity contribution is 5.68. The van der Waals surface area contributed by atoms with Crippen LogP contribution in [0.2, 0.25) is 0 Å². The molecule has 2 aliphatic rings. The third-order valence-corrected chi connectivity index (χ3v) is 6.02. The van der Waals surface area contributed by atoms with Gasteiger partial charge in [0, 0.05) is 25.2 Å². The van der Waals surface area contributed by atoms with Crippen molar-refractivity contribution < 1.29 is 4.74 Å². The van der Waals surface area contributed by atoms with Crippen molar-refractivity contribution in [3.63, 3.8) is 0 Å². The summed E-state index contributed by atoms with van der Waals surface area (Å²) in [7, 11) is 4.14. The first-order valence-corrected chi connectivity index (χ1v) is 10.6. The molecule has 2 atom stereocenters. The Kier molecular flexibility index (Phi) is 6.13. The SMILES string of the molecule is CN(C)CCOc1ccc(C2=CC3CCCC(C2)N3Cc2ccccc2)cc1. The first-order valence-electron chi connectivity index (χ1n) is 10.6. The van der Waals surface area contributed by atoms with Gasteiger partial charge in [0.15, 0.2) is 0 Å². The molecule has 0 radical (unpaired) electrons. The van der Waals surface area contributed by atoms with Crippen LogP contribution in [0, 0.1) is 0 Å². The zero-order valence-corrected chi connectivity index (χ0v) is 17.2. The largest absolute Gasteiger partial charge is 0.492 e. The van der Waals surface area contributed by atoms with Gasteiger partial charge in [-0.1, -0.05) is 55.0 Å². The van der Waals surface area contributed by atoms with E-state index in [2.05, 4.69) is 84.6 Å². The first kappa shape index (κ1) is 19.2. The summed E-state index contributed by atoms with van der Waals surface area (Å²) in [6, 6.07) is 20.9. The Balaban J connectivity index is 1.44. The number of piperidine rings is 1. The first-order chi connectivity index (χ1) is 13.7. The van der Waals surface area contributed by atoms with E-state index < -0.39 is 0 Å². The van der Waals surface area contributed by atoms with Gasteiger partial charge in [0.1, 0.15) is 12.4 Å². The van der Waals surface area contributed by atoms with Crippen LogP contribution in [0.3, 0.4) is 0 Å². The second-order valence-electron chi connectivity index (χ2n) is 8.38. The molecule has 2 aliphatic heterocycles. The minimum Gasteiger partial charge on any atom is -0.492 e. The number of hydrogen-bond acceptors (Lipinski definition) is 3. The maximum Gasteiger partial charge on any atom is 0.119 e. The van der Waals surface area contributed by atoms with Crippen molar-refractivity contribution in [2.24, 2.45) is 0 Å². The van der Waals surface area contributed by atoms with Crippen molar-refractivity contribution in [2.45, 2.75) is 44.3 Å². The maximum absolute atomic E-state index is 5.85. The fourth-order valence-electron chi connectivity index (χ4n) is 4.48. The van der Waals surface area contributed by atoms with E-state index in [1.165, 1.54) is 36.0 Å². The molecule has 148 valence electrons. The summed E-state index contributed by atoms with van der Waals surface area (Å²) in [5, 5.41) is 0. The summed E-state index contributed by atoms with van der Waals surface area (Å²) in [5.74, 6) is 0.966. The molecule has 3 heteroatoms. The molecule has 0 N–H and O–H groups in total. The van der Waals surface area contributed by atoms with Gasteiger partial charge in [0.05, 0.1) is 0 Å². The van der Waals surface area contributed by atoms with E-state index in [-0.39, 0.29) is 0 Å². The lowest BCUT2D eigenvalue weighted by molar-refractivity contribution is 0.0951. The molecule has 2 bridgehead atoms. The van der Waals surface area contributed by atoms with E-state index in [0.717, 1.165) is 31.9 Å². The average Bonchev–Trinajstić information content (AvgIpc) is 2.69. The minimum atomic E-state index is 0.568. The second kappa shape index (κ2) is 8.93. The molecular formula is C25H32N2O. The highest BCUT2D eigenvalue weighted by Crippen LogP contribution is 2.38. The fourth-order valence-corrected chi connectivity index (χ4v) is 4.48. The lowest BCUT2D eigenvalue weighted by atomic mass is 9.82. The van der Waals surface area contributed by atoms with Crippen molar-refractivity contribution in [3.05, 3.63) is 71.8 Å². The van der Waals surface area contributed by atoms with E-state index in [1.54, 1.807) is 0 Å².